The largest absolute Gasteiger partial charge is 0.512 e. The summed E-state index contributed by atoms with van der Waals surface area (Å²) in [5, 5.41) is 80.4. The number of aryl methyl sites for hydroxylation is 6. The summed E-state index contributed by atoms with van der Waals surface area (Å²) in [7, 11) is -6.56. The van der Waals surface area contributed by atoms with Crippen LogP contribution < -0.4 is 0 Å². The number of nitrogens with zero attached hydrogens (tertiary/aromatic N) is 2. The summed E-state index contributed by atoms with van der Waals surface area (Å²) in [5.41, 5.74) is 16.2. The molecule has 0 atom stereocenters. The van der Waals surface area contributed by atoms with Crippen molar-refractivity contribution in [3.63, 3.8) is 0 Å². The molecule has 0 aliphatic carbocycles. The summed E-state index contributed by atoms with van der Waals surface area (Å²) in [4.78, 5) is 103. The molecule has 2 radical (unpaired) electrons. The van der Waals surface area contributed by atoms with E-state index in [4.69, 9.17) is 55.9 Å². The first-order chi connectivity index (χ1) is 50.2. The van der Waals surface area contributed by atoms with Gasteiger partial charge in [-0.1, -0.05) is 0 Å². The van der Waals surface area contributed by atoms with Crippen LogP contribution in [0.5, 0.6) is 0 Å². The molecule has 9 N–H and O–H groups in total. The van der Waals surface area contributed by atoms with Crippen LogP contribution in [0.1, 0.15) is 232 Å². The number of aliphatic hydroxyl groups excluding tert-OH is 9. The third kappa shape index (κ3) is 88.5. The molecule has 0 saturated carbocycles. The van der Waals surface area contributed by atoms with Crippen LogP contribution in [0.25, 0.3) is 21.8 Å². The van der Waals surface area contributed by atoms with Crippen LogP contribution in [0.3, 0.4) is 0 Å². The number of pyridine rings is 2. The van der Waals surface area contributed by atoms with Gasteiger partial charge in [0.2, 0.25) is 0 Å². The number of hydrogen-bond acceptors (Lipinski definition) is 24. The molecule has 0 aliphatic heterocycles. The topological polar surface area (TPSA) is 430 Å². The number of rotatable bonds is 9. The van der Waals surface area contributed by atoms with Gasteiger partial charge in [0, 0.05) is 211 Å². The Morgan fingerprint density at radius 3 is 0.342 bits per heavy atom. The van der Waals surface area contributed by atoms with E-state index in [9.17, 15) is 61.4 Å². The second-order valence-electron chi connectivity index (χ2n) is 30.0. The van der Waals surface area contributed by atoms with Gasteiger partial charge in [0.05, 0.1) is 91.4 Å². The maximum absolute atomic E-state index is 10.4. The molecule has 678 valence electrons. The number of carbonyl (C=O) groups is 9. The number of carbonyl (C=O) groups excluding carboxylic acids is 9. The second kappa shape index (κ2) is 71.7. The van der Waals surface area contributed by atoms with Crippen molar-refractivity contribution < 1.29 is 246 Å². The molecule has 3 rings (SSSR count). The Kier molecular flexibility index (Phi) is 88.9. The summed E-state index contributed by atoms with van der Waals surface area (Å²) >= 11 is 0. The van der Waals surface area contributed by atoms with Crippen molar-refractivity contribution in [3.05, 3.63) is 147 Å². The van der Waals surface area contributed by atoms with Crippen molar-refractivity contribution in [2.24, 2.45) is 0 Å². The predicted molar refractivity (Wildman–Crippen MR) is 482 cm³/mol. The third-order valence-corrected chi connectivity index (χ3v) is 15.2. The Bertz CT molecular complexity index is 3620. The minimum absolute atomic E-state index is 0. The van der Waals surface area contributed by atoms with Gasteiger partial charge in [0.15, 0.2) is 52.0 Å². The van der Waals surface area contributed by atoms with E-state index in [1.807, 2.05) is 0 Å². The molecular weight excluding hydrogens is 2000 g/mol. The molecule has 3 aromatic rings. The normalized spacial score (nSPS) is 12.1. The zero-order chi connectivity index (χ0) is 94.9. The van der Waals surface area contributed by atoms with Gasteiger partial charge in [-0.3, -0.25) is 53.1 Å². The fraction of sp³-hybridized carbons (Fsp3) is 0.547. The fourth-order valence-corrected chi connectivity index (χ4v) is 5.82. The Morgan fingerprint density at radius 2 is 0.282 bits per heavy atom. The average molecular weight is 2150 g/mol. The molecule has 0 aliphatic rings. The Hall–Kier alpha value is -3.66. The van der Waals surface area contributed by atoms with Crippen LogP contribution in [0.2, 0.25) is 0 Å². The van der Waals surface area contributed by atoms with Crippen LogP contribution in [-0.4, -0.2) is 188 Å². The first kappa shape index (κ1) is 145. The van der Waals surface area contributed by atoms with E-state index in [2.05, 4.69) is 55.4 Å². The number of Topliss-reactive ketones (excluding diaryl/α,β-unsaturated/α-hetero) is 9. The van der Waals surface area contributed by atoms with Gasteiger partial charge < -0.3 is 64.2 Å². The van der Waals surface area contributed by atoms with Crippen LogP contribution in [0.15, 0.2) is 102 Å². The maximum Gasteiger partial charge on any atom is 0.158 e. The van der Waals surface area contributed by atoms with Gasteiger partial charge >= 0.3 is 0 Å². The molecule has 0 unspecified atom stereocenters. The van der Waals surface area contributed by atoms with Crippen molar-refractivity contribution in [1.29, 1.82) is 0 Å². The molecule has 117 heavy (non-hydrogen) atoms. The number of aliphatic hydroxyl groups is 9. The van der Waals surface area contributed by atoms with E-state index >= 15 is 0 Å². The molecule has 24 nitrogen and oxygen atoms in total. The summed E-state index contributed by atoms with van der Waals surface area (Å²) in [6.45, 7) is 78.9. The standard InChI is InChI=1S/C20H24N2.9C6H10O2.4C3H9OP.2Eu.Gd/c1-9-11(3)17-13(5)14(6)18-12(4)10(2)16(8)22-20(18)19(17)21-15(9)7;9*1-4(5(2)7)6(3)8;4*1-5(2,3)4;;;/h1-8H3;9*7H,1-3H3;4*1-3H3;;;. The first-order valence-electron chi connectivity index (χ1n) is 35.8. The summed E-state index contributed by atoms with van der Waals surface area (Å²) in [5.74, 6) is 0.271. The smallest absolute Gasteiger partial charge is 0.158 e. The van der Waals surface area contributed by atoms with Gasteiger partial charge in [-0.2, -0.15) is 0 Å². The van der Waals surface area contributed by atoms with Crippen LogP contribution in [0.4, 0.5) is 0 Å². The monoisotopic (exact) mass is 2150 g/mol. The van der Waals surface area contributed by atoms with Crippen LogP contribution in [-0.2, 0) is 61.4 Å². The molecule has 0 fully saturated rings. The number of fused-ring (bicyclic) bond motifs is 3. The van der Waals surface area contributed by atoms with Gasteiger partial charge in [0.1, 0.15) is 0 Å². The van der Waals surface area contributed by atoms with Crippen LogP contribution in [0, 0.1) is 194 Å². The number of hydrogen-bond donors (Lipinski definition) is 9. The van der Waals surface area contributed by atoms with E-state index in [0.717, 1.165) is 22.4 Å². The zero-order valence-electron chi connectivity index (χ0n) is 79.6. The van der Waals surface area contributed by atoms with E-state index in [0.29, 0.717) is 50.2 Å². The van der Waals surface area contributed by atoms with E-state index in [-0.39, 0.29) is 243 Å². The van der Waals surface area contributed by atoms with Gasteiger partial charge in [0.25, 0.3) is 0 Å². The van der Waals surface area contributed by atoms with E-state index in [1.54, 1.807) is 142 Å². The predicted octanol–water partition coefficient (Wildman–Crippen LogP) is 23.1. The molecule has 2 aromatic heterocycles. The quantitative estimate of drug-likeness (QED) is 0.0416. The van der Waals surface area contributed by atoms with E-state index in [1.165, 1.54) is 169 Å². The molecule has 0 bridgehead atoms. The average Bonchev–Trinajstić information content (AvgIpc) is 0.732. The Morgan fingerprint density at radius 1 is 0.205 bits per heavy atom. The van der Waals surface area contributed by atoms with E-state index < -0.39 is 28.6 Å². The van der Waals surface area contributed by atoms with Crippen LogP contribution >= 0.6 is 28.6 Å². The number of ketones is 9. The molecular formula is C86H150Eu2GdN2O22P4. The molecule has 0 spiro atoms. The molecule has 2 heterocycles. The van der Waals surface area contributed by atoms with Crippen molar-refractivity contribution in [2.45, 2.75) is 242 Å². The zero-order valence-corrected chi connectivity index (χ0v) is 90.3. The second-order valence-corrected chi connectivity index (χ2v) is 45.2. The summed E-state index contributed by atoms with van der Waals surface area (Å²) in [6, 6.07) is 0. The van der Waals surface area contributed by atoms with Crippen molar-refractivity contribution in [1.82, 2.24) is 9.97 Å². The van der Waals surface area contributed by atoms with Crippen molar-refractivity contribution >= 4 is 102 Å². The molecule has 1 aromatic carbocycles. The first-order valence-corrected chi connectivity index (χ1v) is 48.0. The minimum atomic E-state index is -1.64. The maximum atomic E-state index is 10.4. The molecule has 0 saturated heterocycles. The number of benzene rings is 1. The minimum Gasteiger partial charge on any atom is -0.512 e. The summed E-state index contributed by atoms with van der Waals surface area (Å²) in [6.07, 6.45) is 0. The number of aromatic nitrogens is 2. The summed E-state index contributed by atoms with van der Waals surface area (Å²) < 4.78 is 40.9. The number of allylic oxidation sites excluding steroid dienone is 18. The van der Waals surface area contributed by atoms with Gasteiger partial charge in [-0.15, -0.1) is 0 Å². The van der Waals surface area contributed by atoms with Crippen molar-refractivity contribution in [2.75, 3.05) is 80.0 Å². The SMILES string of the molecule is CC(=O)C(C)=C(C)O.CC(=O)C(C)=C(C)O.CC(=O)C(C)=C(C)O.CC(=O)C(C)=C(C)O.CC(=O)C(C)=C(C)O.CC(=O)C(C)=C(C)O.CC(=O)C(C)=C(C)O.CC(=O)C(C)=C(C)O.CC(=O)C(C)=C(C)O.CP(C)(C)=O.CP(C)(C)=O.CP(C)(C)=O.CP(C)(C)=O.Cc1nc2c(c(C)c1C)c(C)c(C)c1c(C)c(C)c(C)nc12.[Eu].[Eu].[Gd]. The Labute approximate surface area is 817 Å². The Balaban J connectivity index is -0.0000000836. The fourth-order valence-electron chi connectivity index (χ4n) is 5.82. The van der Waals surface area contributed by atoms with Gasteiger partial charge in [-0.05, 0) is 356 Å². The molecule has 0 amide bonds. The van der Waals surface area contributed by atoms with Crippen molar-refractivity contribution in [3.8, 4) is 0 Å². The molecule has 31 heteroatoms. The third-order valence-electron chi connectivity index (χ3n) is 15.2. The van der Waals surface area contributed by atoms with Gasteiger partial charge in [-0.25, -0.2) is 0 Å².